The molecule has 0 fully saturated rings. The third kappa shape index (κ3) is 3.61. The van der Waals surface area contributed by atoms with Gasteiger partial charge in [-0.25, -0.2) is 4.79 Å². The molecule has 1 aromatic heterocycles. The van der Waals surface area contributed by atoms with E-state index in [1.54, 1.807) is 5.38 Å². The van der Waals surface area contributed by atoms with Crippen LogP contribution < -0.4 is 10.1 Å². The molecule has 2 N–H and O–H groups in total. The molecule has 2 aromatic rings. The van der Waals surface area contributed by atoms with Gasteiger partial charge in [0.05, 0.1) is 11.3 Å². The lowest BCUT2D eigenvalue weighted by atomic mass is 10.1. The molecule has 2 rings (SSSR count). The van der Waals surface area contributed by atoms with E-state index in [2.05, 4.69) is 5.32 Å². The highest BCUT2D eigenvalue weighted by atomic mass is 32.1. The van der Waals surface area contributed by atoms with Gasteiger partial charge in [0.25, 0.3) is 5.91 Å². The number of thiophene rings is 1. The summed E-state index contributed by atoms with van der Waals surface area (Å²) in [5.41, 5.74) is 2.28. The number of carbonyl (C=O) groups is 2. The fourth-order valence-electron chi connectivity index (χ4n) is 1.91. The van der Waals surface area contributed by atoms with Gasteiger partial charge in [-0.2, -0.15) is 0 Å². The first kappa shape index (κ1) is 15.1. The van der Waals surface area contributed by atoms with E-state index in [1.807, 2.05) is 32.0 Å². The molecule has 6 heteroatoms. The molecule has 0 radical (unpaired) electrons. The number of hydrogen-bond donors (Lipinski definition) is 2. The zero-order valence-corrected chi connectivity index (χ0v) is 12.5. The lowest BCUT2D eigenvalue weighted by Crippen LogP contribution is -2.21. The number of aryl methyl sites for hydroxylation is 2. The van der Waals surface area contributed by atoms with Crippen molar-refractivity contribution in [2.45, 2.75) is 13.8 Å². The fourth-order valence-corrected chi connectivity index (χ4v) is 2.66. The number of ether oxygens (including phenoxy) is 1. The number of carboxylic acid groups (broad SMARTS) is 1. The van der Waals surface area contributed by atoms with Crippen LogP contribution in [0.4, 0.5) is 5.69 Å². The molecule has 0 unspecified atom stereocenters. The molecule has 0 aliphatic carbocycles. The average molecular weight is 305 g/mol. The summed E-state index contributed by atoms with van der Waals surface area (Å²) in [6.07, 6.45) is 0. The van der Waals surface area contributed by atoms with Crippen LogP contribution in [0.5, 0.6) is 5.75 Å². The van der Waals surface area contributed by atoms with Crippen molar-refractivity contribution in [2.24, 2.45) is 0 Å². The van der Waals surface area contributed by atoms with Crippen molar-refractivity contribution in [3.8, 4) is 5.75 Å². The van der Waals surface area contributed by atoms with Gasteiger partial charge in [-0.3, -0.25) is 4.79 Å². The number of rotatable bonds is 5. The number of carbonyl (C=O) groups excluding carboxylic acids is 1. The Morgan fingerprint density at radius 1 is 1.24 bits per heavy atom. The lowest BCUT2D eigenvalue weighted by Gasteiger charge is -2.11. The van der Waals surface area contributed by atoms with Gasteiger partial charge in [-0.1, -0.05) is 18.2 Å². The van der Waals surface area contributed by atoms with Gasteiger partial charge in [0, 0.05) is 10.8 Å². The zero-order valence-electron chi connectivity index (χ0n) is 11.7. The largest absolute Gasteiger partial charge is 0.483 e. The van der Waals surface area contributed by atoms with Crippen LogP contribution in [0.1, 0.15) is 21.5 Å². The Kier molecular flexibility index (Phi) is 4.59. The van der Waals surface area contributed by atoms with Crippen LogP contribution in [-0.4, -0.2) is 23.6 Å². The number of anilines is 1. The smallest absolute Gasteiger partial charge is 0.338 e. The zero-order chi connectivity index (χ0) is 15.4. The Morgan fingerprint density at radius 3 is 2.52 bits per heavy atom. The summed E-state index contributed by atoms with van der Waals surface area (Å²) in [7, 11) is 0. The predicted octanol–water partition coefficient (Wildman–Crippen LogP) is 3.08. The Morgan fingerprint density at radius 2 is 1.90 bits per heavy atom. The molecule has 21 heavy (non-hydrogen) atoms. The van der Waals surface area contributed by atoms with Crippen molar-refractivity contribution >= 4 is 28.9 Å². The maximum Gasteiger partial charge on any atom is 0.338 e. The van der Waals surface area contributed by atoms with Crippen LogP contribution in [-0.2, 0) is 4.79 Å². The minimum Gasteiger partial charge on any atom is -0.483 e. The molecular weight excluding hydrogens is 290 g/mol. The molecule has 0 aliphatic rings. The van der Waals surface area contributed by atoms with Crippen molar-refractivity contribution in [1.82, 2.24) is 0 Å². The van der Waals surface area contributed by atoms with Crippen molar-refractivity contribution in [2.75, 3.05) is 11.9 Å². The van der Waals surface area contributed by atoms with Gasteiger partial charge >= 0.3 is 5.97 Å². The number of amides is 1. The van der Waals surface area contributed by atoms with E-state index >= 15 is 0 Å². The number of benzene rings is 1. The van der Waals surface area contributed by atoms with Gasteiger partial charge in [0.15, 0.2) is 6.61 Å². The first-order valence-corrected chi connectivity index (χ1v) is 7.21. The molecule has 0 aliphatic heterocycles. The molecule has 0 spiro atoms. The molecule has 1 aromatic carbocycles. The first-order chi connectivity index (χ1) is 9.99. The minimum atomic E-state index is -1.07. The monoisotopic (exact) mass is 305 g/mol. The molecule has 110 valence electrons. The number of aromatic carboxylic acids is 1. The second kappa shape index (κ2) is 6.41. The van der Waals surface area contributed by atoms with E-state index in [1.165, 1.54) is 16.7 Å². The minimum absolute atomic E-state index is 0.0837. The number of nitrogens with one attached hydrogen (secondary N) is 1. The second-order valence-corrected chi connectivity index (χ2v) is 5.31. The Labute approximate surface area is 126 Å². The van der Waals surface area contributed by atoms with E-state index in [4.69, 9.17) is 9.84 Å². The number of carboxylic acids is 1. The first-order valence-electron chi connectivity index (χ1n) is 6.27. The average Bonchev–Trinajstić information content (AvgIpc) is 2.86. The molecule has 0 atom stereocenters. The van der Waals surface area contributed by atoms with Crippen LogP contribution in [0.2, 0.25) is 0 Å². The van der Waals surface area contributed by atoms with Crippen molar-refractivity contribution < 1.29 is 19.4 Å². The molecule has 0 saturated carbocycles. The molecule has 1 heterocycles. The lowest BCUT2D eigenvalue weighted by molar-refractivity contribution is -0.118. The highest BCUT2D eigenvalue weighted by Crippen LogP contribution is 2.23. The van der Waals surface area contributed by atoms with E-state index in [9.17, 15) is 9.59 Å². The highest BCUT2D eigenvalue weighted by molar-refractivity contribution is 7.08. The Balaban J connectivity index is 2.00. The Bertz CT molecular complexity index is 658. The van der Waals surface area contributed by atoms with Gasteiger partial charge in [-0.15, -0.1) is 11.3 Å². The summed E-state index contributed by atoms with van der Waals surface area (Å²) < 4.78 is 5.52. The number of para-hydroxylation sites is 1. The van der Waals surface area contributed by atoms with E-state index in [-0.39, 0.29) is 12.2 Å². The van der Waals surface area contributed by atoms with Gasteiger partial charge < -0.3 is 15.2 Å². The third-order valence-corrected chi connectivity index (χ3v) is 3.67. The third-order valence-electron chi connectivity index (χ3n) is 2.92. The van der Waals surface area contributed by atoms with Crippen molar-refractivity contribution in [3.05, 3.63) is 45.6 Å². The quantitative estimate of drug-likeness (QED) is 0.890. The highest BCUT2D eigenvalue weighted by Gasteiger charge is 2.14. The van der Waals surface area contributed by atoms with Crippen LogP contribution in [0.15, 0.2) is 29.0 Å². The fraction of sp³-hybridized carbons (Fsp3) is 0.200. The predicted molar refractivity (Wildman–Crippen MR) is 81.3 cm³/mol. The molecule has 0 bridgehead atoms. The summed E-state index contributed by atoms with van der Waals surface area (Å²) in [6, 6.07) is 5.73. The normalized spacial score (nSPS) is 10.2. The molecule has 5 nitrogen and oxygen atoms in total. The number of hydrogen-bond acceptors (Lipinski definition) is 4. The summed E-state index contributed by atoms with van der Waals surface area (Å²) in [5, 5.41) is 14.6. The summed E-state index contributed by atoms with van der Waals surface area (Å²) in [5.74, 6) is -0.780. The van der Waals surface area contributed by atoms with Crippen molar-refractivity contribution in [3.63, 3.8) is 0 Å². The summed E-state index contributed by atoms with van der Waals surface area (Å²) in [6.45, 7) is 3.64. The molecule has 1 amide bonds. The second-order valence-electron chi connectivity index (χ2n) is 4.56. The summed E-state index contributed by atoms with van der Waals surface area (Å²) >= 11 is 1.22. The van der Waals surface area contributed by atoms with Crippen LogP contribution >= 0.6 is 11.3 Å². The topological polar surface area (TPSA) is 75.6 Å². The van der Waals surface area contributed by atoms with E-state index in [0.29, 0.717) is 11.4 Å². The van der Waals surface area contributed by atoms with Crippen LogP contribution in [0.3, 0.4) is 0 Å². The van der Waals surface area contributed by atoms with E-state index < -0.39 is 11.9 Å². The van der Waals surface area contributed by atoms with Gasteiger partial charge in [-0.05, 0) is 25.0 Å². The van der Waals surface area contributed by atoms with E-state index in [0.717, 1.165) is 11.1 Å². The molecule has 0 saturated heterocycles. The van der Waals surface area contributed by atoms with Gasteiger partial charge in [0.2, 0.25) is 0 Å². The standard InChI is InChI=1S/C15H15NO4S/c1-9-4-3-5-10(2)14(9)20-6-13(17)16-12-8-21-7-11(12)15(18)19/h3-5,7-8H,6H2,1-2H3,(H,16,17)(H,18,19). The SMILES string of the molecule is Cc1cccc(C)c1OCC(=O)Nc1cscc1C(=O)O. The van der Waals surface area contributed by atoms with Crippen LogP contribution in [0, 0.1) is 13.8 Å². The van der Waals surface area contributed by atoms with Gasteiger partial charge in [0.1, 0.15) is 5.75 Å². The van der Waals surface area contributed by atoms with Crippen LogP contribution in [0.25, 0.3) is 0 Å². The Hall–Kier alpha value is -2.34. The van der Waals surface area contributed by atoms with Crippen molar-refractivity contribution in [1.29, 1.82) is 0 Å². The maximum absolute atomic E-state index is 11.9. The summed E-state index contributed by atoms with van der Waals surface area (Å²) in [4.78, 5) is 22.8. The molecular formula is C15H15NO4S. The maximum atomic E-state index is 11.9.